The van der Waals surface area contributed by atoms with E-state index in [4.69, 9.17) is 23.8 Å². The summed E-state index contributed by atoms with van der Waals surface area (Å²) in [6, 6.07) is 48.4. The van der Waals surface area contributed by atoms with E-state index in [1.807, 2.05) is 53.8 Å². The molecule has 5 nitrogen and oxygen atoms in total. The molecule has 4 heterocycles. The van der Waals surface area contributed by atoms with Crippen LogP contribution >= 0.6 is 11.3 Å². The molecule has 0 radical (unpaired) electrons. The quantitative estimate of drug-likeness (QED) is 0.181. The number of furan rings is 2. The highest BCUT2D eigenvalue weighted by molar-refractivity contribution is 7.20. The first-order chi connectivity index (χ1) is 27.2. The minimum atomic E-state index is 0.581. The summed E-state index contributed by atoms with van der Waals surface area (Å²) >= 11 is 1.89. The van der Waals surface area contributed by atoms with Gasteiger partial charge in [0.2, 0.25) is 0 Å². The number of para-hydroxylation sites is 1. The molecule has 0 N–H and O–H groups in total. The molecule has 0 saturated heterocycles. The average Bonchev–Trinajstić information content (AvgIpc) is 3.94. The van der Waals surface area contributed by atoms with Gasteiger partial charge in [-0.05, 0) is 88.2 Å². The van der Waals surface area contributed by atoms with Crippen molar-refractivity contribution in [2.75, 3.05) is 0 Å². The Kier molecular flexibility index (Phi) is 6.56. The lowest BCUT2D eigenvalue weighted by Gasteiger charge is -2.10. The van der Waals surface area contributed by atoms with E-state index in [9.17, 15) is 0 Å². The molecule has 4 aromatic heterocycles. The van der Waals surface area contributed by atoms with Crippen LogP contribution in [-0.2, 0) is 6.42 Å². The number of rotatable bonds is 4. The summed E-state index contributed by atoms with van der Waals surface area (Å²) < 4.78 is 14.3. The maximum Gasteiger partial charge on any atom is 0.164 e. The molecule has 258 valence electrons. The second-order valence-electron chi connectivity index (χ2n) is 14.2. The summed E-state index contributed by atoms with van der Waals surface area (Å²) in [7, 11) is 0. The van der Waals surface area contributed by atoms with E-state index >= 15 is 0 Å². The smallest absolute Gasteiger partial charge is 0.164 e. The predicted octanol–water partition coefficient (Wildman–Crippen LogP) is 13.7. The van der Waals surface area contributed by atoms with Gasteiger partial charge in [0.05, 0.1) is 0 Å². The Morgan fingerprint density at radius 2 is 1.11 bits per heavy atom. The molecule has 0 fully saturated rings. The van der Waals surface area contributed by atoms with E-state index < -0.39 is 0 Å². The topological polar surface area (TPSA) is 65.0 Å². The Hall–Kier alpha value is -6.89. The number of aromatic nitrogens is 3. The zero-order valence-electron chi connectivity index (χ0n) is 29.4. The highest BCUT2D eigenvalue weighted by Gasteiger charge is 2.22. The third-order valence-electron chi connectivity index (χ3n) is 11.0. The van der Waals surface area contributed by atoms with Gasteiger partial charge in [0.25, 0.3) is 0 Å². The third-order valence-corrected chi connectivity index (χ3v) is 12.3. The molecule has 0 amide bonds. The van der Waals surface area contributed by atoms with Gasteiger partial charge in [-0.15, -0.1) is 11.3 Å². The summed E-state index contributed by atoms with van der Waals surface area (Å²) in [6.45, 7) is 0. The molecule has 0 spiro atoms. The van der Waals surface area contributed by atoms with E-state index in [-0.39, 0.29) is 0 Å². The molecule has 6 heteroatoms. The van der Waals surface area contributed by atoms with Gasteiger partial charge in [-0.1, -0.05) is 109 Å². The fourth-order valence-electron chi connectivity index (χ4n) is 8.44. The summed E-state index contributed by atoms with van der Waals surface area (Å²) in [6.07, 6.45) is 6.76. The standard InChI is InChI=1S/C49H29N3O2S/c1-2-11-29-26-31(23-22-28(29)10-1)47-50-48(37-16-8-19-40-44(37)35-13-3-5-18-39(35)53-40)52-49(51-47)38-17-9-20-41-45(38)36-25-24-30(27-42(36)54-41)32-14-7-15-34-33-12-4-6-21-43(33)55-46(32)34/h1-3,5-11,13-27H,4,12H2. The molecule has 12 rings (SSSR count). The van der Waals surface area contributed by atoms with Crippen LogP contribution in [0.3, 0.4) is 0 Å². The van der Waals surface area contributed by atoms with Gasteiger partial charge < -0.3 is 8.83 Å². The fraction of sp³-hybridized carbons (Fsp3) is 0.0408. The predicted molar refractivity (Wildman–Crippen MR) is 226 cm³/mol. The molecule has 55 heavy (non-hydrogen) atoms. The molecule has 0 aliphatic heterocycles. The summed E-state index contributed by atoms with van der Waals surface area (Å²) in [5.74, 6) is 1.76. The second kappa shape index (κ2) is 11.8. The normalized spacial score (nSPS) is 12.9. The van der Waals surface area contributed by atoms with Crippen LogP contribution < -0.4 is 0 Å². The summed E-state index contributed by atoms with van der Waals surface area (Å²) in [5, 5.41) is 7.66. The molecule has 11 aromatic rings. The van der Waals surface area contributed by atoms with Crippen molar-refractivity contribution in [1.29, 1.82) is 0 Å². The number of hydrogen-bond acceptors (Lipinski definition) is 6. The lowest BCUT2D eigenvalue weighted by molar-refractivity contribution is 0.668. The molecular formula is C49H29N3O2S. The van der Waals surface area contributed by atoms with Gasteiger partial charge in [-0.25, -0.2) is 15.0 Å². The molecule has 1 aliphatic carbocycles. The van der Waals surface area contributed by atoms with E-state index in [2.05, 4.69) is 109 Å². The molecule has 0 atom stereocenters. The van der Waals surface area contributed by atoms with E-state index in [1.165, 1.54) is 26.1 Å². The number of aryl methyl sites for hydroxylation is 1. The van der Waals surface area contributed by atoms with Gasteiger partial charge in [0.1, 0.15) is 22.3 Å². The van der Waals surface area contributed by atoms with Crippen LogP contribution in [0.1, 0.15) is 16.9 Å². The lowest BCUT2D eigenvalue weighted by Crippen LogP contribution is -2.00. The Morgan fingerprint density at radius 3 is 1.95 bits per heavy atom. The first kappa shape index (κ1) is 30.6. The fourth-order valence-corrected chi connectivity index (χ4v) is 9.76. The summed E-state index contributed by atoms with van der Waals surface area (Å²) in [4.78, 5) is 17.0. The average molecular weight is 724 g/mol. The van der Waals surface area contributed by atoms with Crippen LogP contribution in [0.4, 0.5) is 0 Å². The summed E-state index contributed by atoms with van der Waals surface area (Å²) in [5.41, 5.74) is 9.78. The van der Waals surface area contributed by atoms with Gasteiger partial charge in [0.15, 0.2) is 17.5 Å². The minimum Gasteiger partial charge on any atom is -0.456 e. The first-order valence-corrected chi connectivity index (χ1v) is 19.4. The molecule has 1 aliphatic rings. The molecule has 0 bridgehead atoms. The van der Waals surface area contributed by atoms with Crippen LogP contribution in [0.5, 0.6) is 0 Å². The van der Waals surface area contributed by atoms with Crippen LogP contribution in [0, 0.1) is 0 Å². The largest absolute Gasteiger partial charge is 0.456 e. The number of allylic oxidation sites excluding steroid dienone is 1. The Morgan fingerprint density at radius 1 is 0.473 bits per heavy atom. The van der Waals surface area contributed by atoms with E-state index in [0.717, 1.165) is 89.7 Å². The second-order valence-corrected chi connectivity index (χ2v) is 15.3. The molecule has 7 aromatic carbocycles. The van der Waals surface area contributed by atoms with Crippen molar-refractivity contribution in [3.63, 3.8) is 0 Å². The number of hydrogen-bond donors (Lipinski definition) is 0. The molecule has 0 unspecified atom stereocenters. The van der Waals surface area contributed by atoms with E-state index in [1.54, 1.807) is 0 Å². The minimum absolute atomic E-state index is 0.581. The highest BCUT2D eigenvalue weighted by Crippen LogP contribution is 2.44. The van der Waals surface area contributed by atoms with Crippen molar-refractivity contribution >= 4 is 82.1 Å². The van der Waals surface area contributed by atoms with Gasteiger partial charge in [-0.3, -0.25) is 0 Å². The zero-order valence-corrected chi connectivity index (χ0v) is 30.2. The van der Waals surface area contributed by atoms with Crippen LogP contribution in [0.25, 0.3) is 116 Å². The molecule has 0 saturated carbocycles. The van der Waals surface area contributed by atoms with Crippen molar-refractivity contribution in [2.24, 2.45) is 0 Å². The number of benzene rings is 7. The highest BCUT2D eigenvalue weighted by atomic mass is 32.1. The Balaban J connectivity index is 1.07. The van der Waals surface area contributed by atoms with Crippen molar-refractivity contribution in [3.8, 4) is 45.3 Å². The maximum atomic E-state index is 6.65. The SMILES string of the molecule is C1=Cc2sc3c(-c4ccc5c(c4)oc4cccc(-c6nc(-c7ccc8ccccc8c7)nc(-c7cccc8oc9ccccc9c78)n6)c45)cccc3c2CC1. The monoisotopic (exact) mass is 723 g/mol. The number of fused-ring (bicyclic) bond motifs is 10. The third kappa shape index (κ3) is 4.75. The van der Waals surface area contributed by atoms with Crippen LogP contribution in [0.2, 0.25) is 0 Å². The Bertz CT molecular complexity index is 3400. The van der Waals surface area contributed by atoms with E-state index in [0.29, 0.717) is 17.5 Å². The number of thiophene rings is 1. The van der Waals surface area contributed by atoms with Crippen LogP contribution in [0.15, 0.2) is 154 Å². The Labute approximate surface area is 318 Å². The van der Waals surface area contributed by atoms with Crippen molar-refractivity contribution in [1.82, 2.24) is 15.0 Å². The zero-order chi connectivity index (χ0) is 36.0. The van der Waals surface area contributed by atoms with Crippen molar-refractivity contribution in [2.45, 2.75) is 12.8 Å². The lowest BCUT2D eigenvalue weighted by atomic mass is 9.97. The van der Waals surface area contributed by atoms with Gasteiger partial charge in [-0.2, -0.15) is 0 Å². The maximum absolute atomic E-state index is 6.65. The van der Waals surface area contributed by atoms with Gasteiger partial charge >= 0.3 is 0 Å². The number of nitrogens with zero attached hydrogens (tertiary/aromatic N) is 3. The molecular weight excluding hydrogens is 695 g/mol. The van der Waals surface area contributed by atoms with Crippen molar-refractivity contribution < 1.29 is 8.83 Å². The van der Waals surface area contributed by atoms with Crippen molar-refractivity contribution in [3.05, 3.63) is 156 Å². The first-order valence-electron chi connectivity index (χ1n) is 18.6. The van der Waals surface area contributed by atoms with Gasteiger partial charge in [0, 0.05) is 47.8 Å². The van der Waals surface area contributed by atoms with Crippen LogP contribution in [-0.4, -0.2) is 15.0 Å².